The summed E-state index contributed by atoms with van der Waals surface area (Å²) >= 11 is 1.62. The van der Waals surface area contributed by atoms with Gasteiger partial charge in [-0.25, -0.2) is 4.98 Å². The number of nitrogens with zero attached hydrogens (tertiary/aromatic N) is 2. The second-order valence-electron chi connectivity index (χ2n) is 2.69. The van der Waals surface area contributed by atoms with Crippen LogP contribution in [0.3, 0.4) is 0 Å². The topological polar surface area (TPSA) is 75.8 Å². The van der Waals surface area contributed by atoms with Crippen LogP contribution >= 0.6 is 11.3 Å². The molecule has 14 heavy (non-hydrogen) atoms. The minimum Gasteiger partial charge on any atom is -0.424 e. The highest BCUT2D eigenvalue weighted by molar-refractivity contribution is 7.09. The summed E-state index contributed by atoms with van der Waals surface area (Å²) in [7, 11) is 0. The minimum absolute atomic E-state index is 0.0963. The van der Waals surface area contributed by atoms with Gasteiger partial charge in [0.1, 0.15) is 6.07 Å². The minimum atomic E-state index is 0.0963. The van der Waals surface area contributed by atoms with Gasteiger partial charge in [0.25, 0.3) is 0 Å². The van der Waals surface area contributed by atoms with Gasteiger partial charge in [-0.2, -0.15) is 5.26 Å². The van der Waals surface area contributed by atoms with Crippen LogP contribution in [0.4, 0.5) is 5.88 Å². The second kappa shape index (κ2) is 3.52. The van der Waals surface area contributed by atoms with E-state index in [1.807, 2.05) is 23.6 Å². The lowest BCUT2D eigenvalue weighted by atomic mass is 10.3. The normalized spacial score (nSPS) is 9.93. The molecule has 0 fully saturated rings. The van der Waals surface area contributed by atoms with E-state index in [1.165, 1.54) is 0 Å². The summed E-state index contributed by atoms with van der Waals surface area (Å²) in [6.45, 7) is 0. The third-order valence-corrected chi connectivity index (χ3v) is 2.59. The Morgan fingerprint density at radius 1 is 1.64 bits per heavy atom. The number of oxazole rings is 1. The molecule has 0 aromatic carbocycles. The van der Waals surface area contributed by atoms with Gasteiger partial charge in [-0.3, -0.25) is 0 Å². The van der Waals surface area contributed by atoms with E-state index in [9.17, 15) is 0 Å². The lowest BCUT2D eigenvalue weighted by Gasteiger charge is -1.88. The van der Waals surface area contributed by atoms with Gasteiger partial charge in [0.15, 0.2) is 0 Å². The van der Waals surface area contributed by atoms with Crippen molar-refractivity contribution in [3.63, 3.8) is 0 Å². The number of aromatic nitrogens is 1. The Kier molecular flexibility index (Phi) is 2.21. The van der Waals surface area contributed by atoms with Gasteiger partial charge in [0.05, 0.1) is 6.42 Å². The van der Waals surface area contributed by atoms with E-state index in [2.05, 4.69) is 4.98 Å². The Labute approximate surface area is 84.6 Å². The fourth-order valence-electron chi connectivity index (χ4n) is 1.10. The zero-order valence-electron chi connectivity index (χ0n) is 7.23. The van der Waals surface area contributed by atoms with Crippen molar-refractivity contribution >= 4 is 17.2 Å². The lowest BCUT2D eigenvalue weighted by molar-refractivity contribution is 0.524. The van der Waals surface area contributed by atoms with E-state index in [0.717, 1.165) is 4.88 Å². The third kappa shape index (κ3) is 1.60. The highest BCUT2D eigenvalue weighted by atomic mass is 32.1. The molecule has 0 amide bonds. The van der Waals surface area contributed by atoms with E-state index in [-0.39, 0.29) is 11.6 Å². The molecule has 0 spiro atoms. The monoisotopic (exact) mass is 205 g/mol. The van der Waals surface area contributed by atoms with Crippen LogP contribution < -0.4 is 5.73 Å². The molecule has 0 saturated heterocycles. The fourth-order valence-corrected chi connectivity index (χ4v) is 1.79. The van der Waals surface area contributed by atoms with Crippen LogP contribution in [-0.4, -0.2) is 4.98 Å². The molecule has 0 atom stereocenters. The van der Waals surface area contributed by atoms with Crippen molar-refractivity contribution in [2.24, 2.45) is 0 Å². The predicted molar refractivity (Wildman–Crippen MR) is 52.8 cm³/mol. The molecule has 0 aliphatic rings. The molecule has 0 radical (unpaired) electrons. The van der Waals surface area contributed by atoms with E-state index in [4.69, 9.17) is 15.4 Å². The van der Waals surface area contributed by atoms with E-state index < -0.39 is 0 Å². The van der Waals surface area contributed by atoms with Crippen molar-refractivity contribution in [1.82, 2.24) is 4.98 Å². The summed E-state index contributed by atoms with van der Waals surface area (Å²) < 4.78 is 5.13. The summed E-state index contributed by atoms with van der Waals surface area (Å²) in [5.41, 5.74) is 5.60. The largest absolute Gasteiger partial charge is 0.424 e. The summed E-state index contributed by atoms with van der Waals surface area (Å²) in [4.78, 5) is 5.09. The molecule has 0 aliphatic heterocycles. The van der Waals surface area contributed by atoms with E-state index in [1.54, 1.807) is 11.3 Å². The summed E-state index contributed by atoms with van der Waals surface area (Å²) in [5.74, 6) is 0.584. The Balaban J connectivity index is 2.23. The SMILES string of the molecule is N#Cc1nc(Cc2cccs2)oc1N. The second-order valence-corrected chi connectivity index (χ2v) is 3.72. The molecular formula is C9H7N3OS. The van der Waals surface area contributed by atoms with Crippen molar-refractivity contribution < 1.29 is 4.42 Å². The molecular weight excluding hydrogens is 198 g/mol. The molecule has 2 rings (SSSR count). The first-order valence-electron chi connectivity index (χ1n) is 3.97. The fraction of sp³-hybridized carbons (Fsp3) is 0.111. The first-order valence-corrected chi connectivity index (χ1v) is 4.85. The number of nitrogen functional groups attached to an aromatic ring is 1. The number of thiophene rings is 1. The quantitative estimate of drug-likeness (QED) is 0.810. The van der Waals surface area contributed by atoms with E-state index >= 15 is 0 Å². The highest BCUT2D eigenvalue weighted by Crippen LogP contribution is 2.18. The zero-order chi connectivity index (χ0) is 9.97. The molecule has 0 bridgehead atoms. The number of anilines is 1. The number of hydrogen-bond acceptors (Lipinski definition) is 5. The average molecular weight is 205 g/mol. The van der Waals surface area contributed by atoms with Gasteiger partial charge < -0.3 is 10.2 Å². The molecule has 2 N–H and O–H groups in total. The first kappa shape index (κ1) is 8.78. The van der Waals surface area contributed by atoms with Crippen LogP contribution in [0, 0.1) is 11.3 Å². The van der Waals surface area contributed by atoms with E-state index in [0.29, 0.717) is 12.3 Å². The van der Waals surface area contributed by atoms with Crippen molar-refractivity contribution in [3.8, 4) is 6.07 Å². The zero-order valence-corrected chi connectivity index (χ0v) is 8.04. The van der Waals surface area contributed by atoms with Crippen LogP contribution in [0.25, 0.3) is 0 Å². The maximum atomic E-state index is 8.61. The Morgan fingerprint density at radius 2 is 2.50 bits per heavy atom. The van der Waals surface area contributed by atoms with Crippen molar-refractivity contribution in [2.45, 2.75) is 6.42 Å². The number of rotatable bonds is 2. The van der Waals surface area contributed by atoms with Crippen LogP contribution in [0.15, 0.2) is 21.9 Å². The van der Waals surface area contributed by atoms with Gasteiger partial charge >= 0.3 is 0 Å². The summed E-state index contributed by atoms with van der Waals surface area (Å²) in [5, 5.41) is 10.6. The highest BCUT2D eigenvalue weighted by Gasteiger charge is 2.10. The maximum absolute atomic E-state index is 8.61. The molecule has 70 valence electrons. The Morgan fingerprint density at radius 3 is 3.07 bits per heavy atom. The van der Waals surface area contributed by atoms with Gasteiger partial charge in [-0.1, -0.05) is 6.07 Å². The van der Waals surface area contributed by atoms with Crippen LogP contribution in [0.2, 0.25) is 0 Å². The number of nitrogens with two attached hydrogens (primary N) is 1. The van der Waals surface area contributed by atoms with Gasteiger partial charge in [-0.05, 0) is 11.4 Å². The standard InChI is InChI=1S/C9H7N3OS/c10-5-7-9(11)13-8(12-7)4-6-2-1-3-14-6/h1-3H,4,11H2. The van der Waals surface area contributed by atoms with Crippen LogP contribution in [0.1, 0.15) is 16.5 Å². The Hall–Kier alpha value is -1.80. The van der Waals surface area contributed by atoms with Crippen LogP contribution in [0.5, 0.6) is 0 Å². The lowest BCUT2D eigenvalue weighted by Crippen LogP contribution is -1.85. The van der Waals surface area contributed by atoms with Crippen molar-refractivity contribution in [1.29, 1.82) is 5.26 Å². The molecule has 2 aromatic rings. The van der Waals surface area contributed by atoms with Gasteiger partial charge in [-0.15, -0.1) is 11.3 Å². The molecule has 5 heteroatoms. The molecule has 0 aliphatic carbocycles. The molecule has 0 saturated carbocycles. The summed E-state index contributed by atoms with van der Waals surface area (Å²) in [6.07, 6.45) is 0.587. The Bertz CT molecular complexity index is 467. The smallest absolute Gasteiger partial charge is 0.229 e. The predicted octanol–water partition coefficient (Wildman–Crippen LogP) is 1.78. The molecule has 2 heterocycles. The summed E-state index contributed by atoms with van der Waals surface area (Å²) in [6, 6.07) is 5.81. The maximum Gasteiger partial charge on any atom is 0.229 e. The van der Waals surface area contributed by atoms with Crippen molar-refractivity contribution in [3.05, 3.63) is 34.0 Å². The van der Waals surface area contributed by atoms with Gasteiger partial charge in [0, 0.05) is 4.88 Å². The van der Waals surface area contributed by atoms with Crippen LogP contribution in [-0.2, 0) is 6.42 Å². The molecule has 0 unspecified atom stereocenters. The number of hydrogen-bond donors (Lipinski definition) is 1. The average Bonchev–Trinajstić information content (AvgIpc) is 2.76. The molecule has 2 aromatic heterocycles. The molecule has 4 nitrogen and oxygen atoms in total. The van der Waals surface area contributed by atoms with Crippen molar-refractivity contribution in [2.75, 3.05) is 5.73 Å². The third-order valence-electron chi connectivity index (χ3n) is 1.71. The first-order chi connectivity index (χ1) is 6.79. The number of nitriles is 1. The van der Waals surface area contributed by atoms with Gasteiger partial charge in [0.2, 0.25) is 17.5 Å².